The summed E-state index contributed by atoms with van der Waals surface area (Å²) in [5, 5.41) is 10.8. The maximum Gasteiger partial charge on any atom is 0.308 e. The van der Waals surface area contributed by atoms with Gasteiger partial charge in [0, 0.05) is 17.3 Å². The number of carboxylic acids is 1. The molecule has 0 unspecified atom stereocenters. The van der Waals surface area contributed by atoms with Crippen LogP contribution in [0.25, 0.3) is 22.2 Å². The Hall–Kier alpha value is -2.95. The van der Waals surface area contributed by atoms with Crippen LogP contribution < -0.4 is 5.56 Å². The summed E-state index contributed by atoms with van der Waals surface area (Å²) in [6.45, 7) is 0. The highest BCUT2D eigenvalue weighted by atomic mass is 16.4. The molecule has 2 aromatic carbocycles. The molecule has 5 nitrogen and oxygen atoms in total. The fourth-order valence-corrected chi connectivity index (χ4v) is 2.28. The van der Waals surface area contributed by atoms with Crippen LogP contribution in [0.5, 0.6) is 0 Å². The number of benzene rings is 2. The second-order valence-electron chi connectivity index (χ2n) is 4.68. The van der Waals surface area contributed by atoms with E-state index in [1.54, 1.807) is 0 Å². The van der Waals surface area contributed by atoms with Crippen molar-refractivity contribution in [3.8, 4) is 11.4 Å². The largest absolute Gasteiger partial charge is 0.481 e. The Morgan fingerprint density at radius 3 is 2.67 bits per heavy atom. The van der Waals surface area contributed by atoms with Crippen molar-refractivity contribution in [2.45, 2.75) is 6.42 Å². The van der Waals surface area contributed by atoms with Gasteiger partial charge < -0.3 is 10.1 Å². The minimum Gasteiger partial charge on any atom is -0.481 e. The second kappa shape index (κ2) is 5.20. The van der Waals surface area contributed by atoms with Crippen molar-refractivity contribution >= 4 is 16.7 Å². The number of H-pyrrole nitrogens is 1. The molecule has 21 heavy (non-hydrogen) atoms. The molecule has 0 bridgehead atoms. The minimum atomic E-state index is -1.06. The van der Waals surface area contributed by atoms with Gasteiger partial charge in [0.2, 0.25) is 0 Å². The molecule has 0 atom stereocenters. The first-order chi connectivity index (χ1) is 10.1. The third-order valence-corrected chi connectivity index (χ3v) is 3.26. The van der Waals surface area contributed by atoms with E-state index >= 15 is 0 Å². The Morgan fingerprint density at radius 2 is 1.90 bits per heavy atom. The molecule has 0 radical (unpaired) electrons. The van der Waals surface area contributed by atoms with Crippen LogP contribution in [0.4, 0.5) is 0 Å². The minimum absolute atomic E-state index is 0.145. The molecule has 0 aliphatic carbocycles. The molecule has 5 heteroatoms. The maximum atomic E-state index is 11.9. The quantitative estimate of drug-likeness (QED) is 0.770. The highest BCUT2D eigenvalue weighted by Gasteiger charge is 2.10. The molecular weight excluding hydrogens is 268 g/mol. The van der Waals surface area contributed by atoms with E-state index in [0.29, 0.717) is 5.82 Å². The number of fused-ring (bicyclic) bond motifs is 1. The van der Waals surface area contributed by atoms with E-state index < -0.39 is 11.5 Å². The molecule has 104 valence electrons. The fraction of sp³-hybridized carbons (Fsp3) is 0.0625. The van der Waals surface area contributed by atoms with Gasteiger partial charge in [-0.3, -0.25) is 9.59 Å². The summed E-state index contributed by atoms with van der Waals surface area (Å²) in [5.41, 5.74) is 0.536. The molecule has 3 rings (SSSR count). The van der Waals surface area contributed by atoms with Gasteiger partial charge in [-0.05, 0) is 10.8 Å². The molecule has 3 aromatic rings. The number of carbonyl (C=O) groups is 1. The van der Waals surface area contributed by atoms with E-state index in [1.807, 2.05) is 42.5 Å². The van der Waals surface area contributed by atoms with Crippen molar-refractivity contribution in [3.63, 3.8) is 0 Å². The summed E-state index contributed by atoms with van der Waals surface area (Å²) in [6, 6.07) is 13.5. The summed E-state index contributed by atoms with van der Waals surface area (Å²) in [7, 11) is 0. The van der Waals surface area contributed by atoms with Gasteiger partial charge in [-0.25, -0.2) is 4.98 Å². The molecular formula is C16H12N2O3. The molecule has 0 fully saturated rings. The van der Waals surface area contributed by atoms with Crippen molar-refractivity contribution in [1.82, 2.24) is 9.97 Å². The van der Waals surface area contributed by atoms with Gasteiger partial charge in [0.05, 0.1) is 6.42 Å². The lowest BCUT2D eigenvalue weighted by atomic mass is 10.0. The van der Waals surface area contributed by atoms with Crippen LogP contribution in [-0.4, -0.2) is 21.0 Å². The summed E-state index contributed by atoms with van der Waals surface area (Å²) >= 11 is 0. The summed E-state index contributed by atoms with van der Waals surface area (Å²) < 4.78 is 0. The molecule has 0 aliphatic rings. The van der Waals surface area contributed by atoms with Gasteiger partial charge in [-0.15, -0.1) is 0 Å². The molecule has 0 saturated carbocycles. The number of hydrogen-bond acceptors (Lipinski definition) is 3. The maximum absolute atomic E-state index is 11.9. The first-order valence-corrected chi connectivity index (χ1v) is 6.43. The van der Waals surface area contributed by atoms with Crippen molar-refractivity contribution < 1.29 is 9.90 Å². The smallest absolute Gasteiger partial charge is 0.308 e. The predicted octanol–water partition coefficient (Wildman–Crippen LogP) is 2.22. The number of aromatic nitrogens is 2. The first kappa shape index (κ1) is 13.1. The van der Waals surface area contributed by atoms with E-state index in [0.717, 1.165) is 16.3 Å². The second-order valence-corrected chi connectivity index (χ2v) is 4.68. The van der Waals surface area contributed by atoms with Gasteiger partial charge in [0.1, 0.15) is 5.82 Å². The number of nitrogens with one attached hydrogen (secondary N) is 1. The monoisotopic (exact) mass is 280 g/mol. The lowest BCUT2D eigenvalue weighted by Crippen LogP contribution is -2.17. The van der Waals surface area contributed by atoms with Gasteiger partial charge in [-0.1, -0.05) is 42.5 Å². The van der Waals surface area contributed by atoms with Crippen LogP contribution in [0.15, 0.2) is 53.5 Å². The lowest BCUT2D eigenvalue weighted by Gasteiger charge is -2.06. The Bertz CT molecular complexity index is 879. The molecule has 0 spiro atoms. The molecule has 0 saturated heterocycles. The highest BCUT2D eigenvalue weighted by Crippen LogP contribution is 2.25. The van der Waals surface area contributed by atoms with Crippen LogP contribution in [0.1, 0.15) is 5.56 Å². The average Bonchev–Trinajstić information content (AvgIpc) is 2.48. The zero-order valence-electron chi connectivity index (χ0n) is 11.0. The number of aliphatic carboxylic acids is 1. The van der Waals surface area contributed by atoms with Gasteiger partial charge >= 0.3 is 5.97 Å². The zero-order valence-corrected chi connectivity index (χ0v) is 11.0. The number of rotatable bonds is 3. The van der Waals surface area contributed by atoms with Crippen LogP contribution in [0, 0.1) is 0 Å². The van der Waals surface area contributed by atoms with Gasteiger partial charge in [-0.2, -0.15) is 0 Å². The third kappa shape index (κ3) is 2.53. The zero-order chi connectivity index (χ0) is 14.8. The highest BCUT2D eigenvalue weighted by molar-refractivity contribution is 5.94. The Morgan fingerprint density at radius 1 is 1.14 bits per heavy atom. The summed E-state index contributed by atoms with van der Waals surface area (Å²) in [4.78, 5) is 29.4. The third-order valence-electron chi connectivity index (χ3n) is 3.26. The topological polar surface area (TPSA) is 83.0 Å². The average molecular weight is 280 g/mol. The van der Waals surface area contributed by atoms with Crippen molar-refractivity contribution in [2.24, 2.45) is 0 Å². The van der Waals surface area contributed by atoms with E-state index in [4.69, 9.17) is 5.11 Å². The van der Waals surface area contributed by atoms with Crippen LogP contribution in [0.3, 0.4) is 0 Å². The summed E-state index contributed by atoms with van der Waals surface area (Å²) in [6.07, 6.45) is 0.988. The van der Waals surface area contributed by atoms with Gasteiger partial charge in [0.15, 0.2) is 0 Å². The summed E-state index contributed by atoms with van der Waals surface area (Å²) in [5.74, 6) is -0.619. The van der Waals surface area contributed by atoms with Crippen molar-refractivity contribution in [1.29, 1.82) is 0 Å². The molecule has 0 aliphatic heterocycles. The molecule has 1 aromatic heterocycles. The standard InChI is InChI=1S/C16H12N2O3/c19-14(20)8-11-9-17-15(18-16(11)21)13-7-3-5-10-4-1-2-6-12(10)13/h1-7,9H,8H2,(H,19,20)(H,17,18,21). The number of carboxylic acid groups (broad SMARTS) is 1. The first-order valence-electron chi connectivity index (χ1n) is 6.43. The fourth-order valence-electron chi connectivity index (χ4n) is 2.28. The lowest BCUT2D eigenvalue weighted by molar-refractivity contribution is -0.136. The van der Waals surface area contributed by atoms with Crippen molar-refractivity contribution in [3.05, 3.63) is 64.6 Å². The Balaban J connectivity index is 2.13. The normalized spacial score (nSPS) is 10.7. The Labute approximate surface area is 119 Å². The molecule has 0 amide bonds. The van der Waals surface area contributed by atoms with E-state index in [9.17, 15) is 9.59 Å². The van der Waals surface area contributed by atoms with Crippen molar-refractivity contribution in [2.75, 3.05) is 0 Å². The molecule has 2 N–H and O–H groups in total. The van der Waals surface area contributed by atoms with E-state index in [1.165, 1.54) is 6.20 Å². The Kier molecular flexibility index (Phi) is 3.23. The number of hydrogen-bond donors (Lipinski definition) is 2. The van der Waals surface area contributed by atoms with Crippen LogP contribution in [0.2, 0.25) is 0 Å². The predicted molar refractivity (Wildman–Crippen MR) is 79.1 cm³/mol. The van der Waals surface area contributed by atoms with Crippen LogP contribution >= 0.6 is 0 Å². The van der Waals surface area contributed by atoms with Crippen LogP contribution in [-0.2, 0) is 11.2 Å². The van der Waals surface area contributed by atoms with E-state index in [-0.39, 0.29) is 12.0 Å². The SMILES string of the molecule is O=C(O)Cc1cnc(-c2cccc3ccccc23)[nH]c1=O. The number of aromatic amines is 1. The van der Waals surface area contributed by atoms with Gasteiger partial charge in [0.25, 0.3) is 5.56 Å². The molecule has 1 heterocycles. The van der Waals surface area contributed by atoms with E-state index in [2.05, 4.69) is 9.97 Å². The number of nitrogens with zero attached hydrogens (tertiary/aromatic N) is 1.